The van der Waals surface area contributed by atoms with Crippen molar-refractivity contribution in [1.29, 1.82) is 0 Å². The number of nitrogens with one attached hydrogen (secondary N) is 2. The molecular formula is C16H22N4O. The van der Waals surface area contributed by atoms with Gasteiger partial charge in [0.05, 0.1) is 12.6 Å². The molecule has 1 aromatic heterocycles. The van der Waals surface area contributed by atoms with Gasteiger partial charge in [0, 0.05) is 25.5 Å². The average Bonchev–Trinajstić information content (AvgIpc) is 2.99. The van der Waals surface area contributed by atoms with E-state index in [1.807, 2.05) is 55.1 Å². The SMILES string of the molecule is Cc1ccccc1CNC(=O)[C@H](C)NCCn1cccn1. The number of carbonyl (C=O) groups is 1. The van der Waals surface area contributed by atoms with Crippen LogP contribution in [0.1, 0.15) is 18.1 Å². The van der Waals surface area contributed by atoms with Crippen LogP contribution >= 0.6 is 0 Å². The molecular weight excluding hydrogens is 264 g/mol. The predicted octanol–water partition coefficient (Wildman–Crippen LogP) is 1.49. The lowest BCUT2D eigenvalue weighted by Crippen LogP contribution is -2.43. The first-order chi connectivity index (χ1) is 10.2. The zero-order chi connectivity index (χ0) is 15.1. The predicted molar refractivity (Wildman–Crippen MR) is 82.7 cm³/mol. The number of hydrogen-bond donors (Lipinski definition) is 2. The van der Waals surface area contributed by atoms with E-state index in [1.165, 1.54) is 5.56 Å². The van der Waals surface area contributed by atoms with Gasteiger partial charge < -0.3 is 10.6 Å². The van der Waals surface area contributed by atoms with Crippen molar-refractivity contribution in [1.82, 2.24) is 20.4 Å². The van der Waals surface area contributed by atoms with Gasteiger partial charge in [-0.1, -0.05) is 24.3 Å². The second-order valence-electron chi connectivity index (χ2n) is 5.09. The van der Waals surface area contributed by atoms with E-state index in [1.54, 1.807) is 6.20 Å². The van der Waals surface area contributed by atoms with Gasteiger partial charge in [-0.3, -0.25) is 9.48 Å². The third-order valence-corrected chi connectivity index (χ3v) is 3.46. The van der Waals surface area contributed by atoms with Crippen molar-refractivity contribution in [2.45, 2.75) is 33.0 Å². The van der Waals surface area contributed by atoms with Crippen molar-refractivity contribution in [2.75, 3.05) is 6.54 Å². The van der Waals surface area contributed by atoms with Gasteiger partial charge in [-0.25, -0.2) is 0 Å². The highest BCUT2D eigenvalue weighted by Crippen LogP contribution is 2.06. The van der Waals surface area contributed by atoms with E-state index < -0.39 is 0 Å². The number of aromatic nitrogens is 2. The molecule has 0 aliphatic carbocycles. The molecule has 5 nitrogen and oxygen atoms in total. The van der Waals surface area contributed by atoms with E-state index in [0.717, 1.165) is 12.1 Å². The first-order valence-corrected chi connectivity index (χ1v) is 7.20. The van der Waals surface area contributed by atoms with Gasteiger partial charge in [-0.2, -0.15) is 5.10 Å². The van der Waals surface area contributed by atoms with E-state index >= 15 is 0 Å². The Hall–Kier alpha value is -2.14. The number of carbonyl (C=O) groups excluding carboxylic acids is 1. The van der Waals surface area contributed by atoms with E-state index in [9.17, 15) is 4.79 Å². The molecule has 2 aromatic rings. The minimum Gasteiger partial charge on any atom is -0.351 e. The lowest BCUT2D eigenvalue weighted by atomic mass is 10.1. The van der Waals surface area contributed by atoms with Crippen LogP contribution in [0, 0.1) is 6.92 Å². The Labute approximate surface area is 125 Å². The summed E-state index contributed by atoms with van der Waals surface area (Å²) in [6, 6.07) is 9.74. The molecule has 1 heterocycles. The topological polar surface area (TPSA) is 59.0 Å². The van der Waals surface area contributed by atoms with Crippen molar-refractivity contribution < 1.29 is 4.79 Å². The maximum atomic E-state index is 12.0. The summed E-state index contributed by atoms with van der Waals surface area (Å²) in [5, 5.41) is 10.3. The molecule has 5 heteroatoms. The van der Waals surface area contributed by atoms with Crippen LogP contribution in [0.15, 0.2) is 42.7 Å². The van der Waals surface area contributed by atoms with Crippen molar-refractivity contribution in [3.8, 4) is 0 Å². The lowest BCUT2D eigenvalue weighted by molar-refractivity contribution is -0.122. The maximum Gasteiger partial charge on any atom is 0.237 e. The fourth-order valence-corrected chi connectivity index (χ4v) is 2.06. The molecule has 0 aliphatic rings. The van der Waals surface area contributed by atoms with Crippen LogP contribution in [-0.4, -0.2) is 28.3 Å². The van der Waals surface area contributed by atoms with Crippen LogP contribution in [0.3, 0.4) is 0 Å². The highest BCUT2D eigenvalue weighted by atomic mass is 16.2. The molecule has 2 N–H and O–H groups in total. The number of rotatable bonds is 7. The maximum absolute atomic E-state index is 12.0. The summed E-state index contributed by atoms with van der Waals surface area (Å²) in [6.07, 6.45) is 3.66. The van der Waals surface area contributed by atoms with E-state index in [4.69, 9.17) is 0 Å². The quantitative estimate of drug-likeness (QED) is 0.810. The van der Waals surface area contributed by atoms with Gasteiger partial charge in [-0.05, 0) is 31.0 Å². The fraction of sp³-hybridized carbons (Fsp3) is 0.375. The Morgan fingerprint density at radius 2 is 2.14 bits per heavy atom. The summed E-state index contributed by atoms with van der Waals surface area (Å²) < 4.78 is 1.84. The van der Waals surface area contributed by atoms with Gasteiger partial charge >= 0.3 is 0 Å². The standard InChI is InChI=1S/C16H22N4O/c1-13-6-3-4-7-15(13)12-18-16(21)14(2)17-9-11-20-10-5-8-19-20/h3-8,10,14,17H,9,11-12H2,1-2H3,(H,18,21)/t14-/m0/s1. The molecule has 1 amide bonds. The Bertz CT molecular complexity index is 565. The van der Waals surface area contributed by atoms with Crippen LogP contribution in [0.5, 0.6) is 0 Å². The zero-order valence-corrected chi connectivity index (χ0v) is 12.5. The minimum absolute atomic E-state index is 0.0127. The molecule has 1 atom stereocenters. The number of aryl methyl sites for hydroxylation is 1. The third kappa shape index (κ3) is 4.72. The monoisotopic (exact) mass is 286 g/mol. The van der Waals surface area contributed by atoms with Crippen LogP contribution in [-0.2, 0) is 17.9 Å². The number of nitrogens with zero attached hydrogens (tertiary/aromatic N) is 2. The Morgan fingerprint density at radius 3 is 2.86 bits per heavy atom. The second-order valence-corrected chi connectivity index (χ2v) is 5.09. The summed E-state index contributed by atoms with van der Waals surface area (Å²) in [4.78, 5) is 12.0. The number of hydrogen-bond acceptors (Lipinski definition) is 3. The first-order valence-electron chi connectivity index (χ1n) is 7.20. The molecule has 0 fully saturated rings. The molecule has 112 valence electrons. The van der Waals surface area contributed by atoms with Gasteiger partial charge in [0.15, 0.2) is 0 Å². The number of benzene rings is 1. The van der Waals surface area contributed by atoms with Crippen molar-refractivity contribution in [3.63, 3.8) is 0 Å². The highest BCUT2D eigenvalue weighted by Gasteiger charge is 2.11. The van der Waals surface area contributed by atoms with Gasteiger partial charge in [-0.15, -0.1) is 0 Å². The molecule has 1 aromatic carbocycles. The molecule has 2 rings (SSSR count). The Morgan fingerprint density at radius 1 is 1.33 bits per heavy atom. The average molecular weight is 286 g/mol. The first kappa shape index (κ1) is 15.3. The fourth-order valence-electron chi connectivity index (χ4n) is 2.06. The van der Waals surface area contributed by atoms with Gasteiger partial charge in [0.1, 0.15) is 0 Å². The zero-order valence-electron chi connectivity index (χ0n) is 12.5. The Kier molecular flexibility index (Phi) is 5.51. The minimum atomic E-state index is -0.218. The molecule has 0 spiro atoms. The summed E-state index contributed by atoms with van der Waals surface area (Å²) >= 11 is 0. The van der Waals surface area contributed by atoms with Crippen LogP contribution < -0.4 is 10.6 Å². The van der Waals surface area contributed by atoms with Crippen molar-refractivity contribution in [2.24, 2.45) is 0 Å². The smallest absolute Gasteiger partial charge is 0.237 e. The normalized spacial score (nSPS) is 12.1. The molecule has 0 radical (unpaired) electrons. The largest absolute Gasteiger partial charge is 0.351 e. The van der Waals surface area contributed by atoms with Gasteiger partial charge in [0.2, 0.25) is 5.91 Å². The van der Waals surface area contributed by atoms with Gasteiger partial charge in [0.25, 0.3) is 0 Å². The Balaban J connectivity index is 1.71. The van der Waals surface area contributed by atoms with Crippen molar-refractivity contribution >= 4 is 5.91 Å². The summed E-state index contributed by atoms with van der Waals surface area (Å²) in [6.45, 7) is 5.95. The molecule has 0 saturated heterocycles. The van der Waals surface area contributed by atoms with Crippen LogP contribution in [0.2, 0.25) is 0 Å². The van der Waals surface area contributed by atoms with Crippen LogP contribution in [0.25, 0.3) is 0 Å². The summed E-state index contributed by atoms with van der Waals surface area (Å²) in [5.74, 6) is 0.0127. The second kappa shape index (κ2) is 7.59. The molecule has 0 unspecified atom stereocenters. The summed E-state index contributed by atoms with van der Waals surface area (Å²) in [5.41, 5.74) is 2.34. The van der Waals surface area contributed by atoms with E-state index in [0.29, 0.717) is 13.1 Å². The van der Waals surface area contributed by atoms with E-state index in [2.05, 4.69) is 15.7 Å². The lowest BCUT2D eigenvalue weighted by Gasteiger charge is -2.14. The molecule has 0 bridgehead atoms. The highest BCUT2D eigenvalue weighted by molar-refractivity contribution is 5.81. The van der Waals surface area contributed by atoms with Crippen molar-refractivity contribution in [3.05, 3.63) is 53.9 Å². The van der Waals surface area contributed by atoms with Crippen LogP contribution in [0.4, 0.5) is 0 Å². The molecule has 21 heavy (non-hydrogen) atoms. The number of amides is 1. The van der Waals surface area contributed by atoms with E-state index in [-0.39, 0.29) is 11.9 Å². The molecule has 0 saturated carbocycles. The molecule has 0 aliphatic heterocycles. The third-order valence-electron chi connectivity index (χ3n) is 3.46. The summed E-state index contributed by atoms with van der Waals surface area (Å²) in [7, 11) is 0.